The molecule has 15 heavy (non-hydrogen) atoms. The van der Waals surface area contributed by atoms with E-state index in [-0.39, 0.29) is 17.3 Å². The van der Waals surface area contributed by atoms with E-state index >= 15 is 0 Å². The largest absolute Gasteiger partial charge is 0.464 e. The van der Waals surface area contributed by atoms with Gasteiger partial charge >= 0.3 is 0 Å². The highest BCUT2D eigenvalue weighted by Gasteiger charge is 2.29. The van der Waals surface area contributed by atoms with Crippen molar-refractivity contribution >= 4 is 15.6 Å². The fourth-order valence-corrected chi connectivity index (χ4v) is 3.31. The van der Waals surface area contributed by atoms with Crippen molar-refractivity contribution < 1.29 is 17.6 Å². The first-order valence-electron chi connectivity index (χ1n) is 4.73. The van der Waals surface area contributed by atoms with Crippen molar-refractivity contribution in [1.29, 1.82) is 0 Å². The molecule has 1 aromatic heterocycles. The van der Waals surface area contributed by atoms with E-state index in [0.717, 1.165) is 5.56 Å². The summed E-state index contributed by atoms with van der Waals surface area (Å²) in [6.45, 7) is 3.17. The van der Waals surface area contributed by atoms with Crippen molar-refractivity contribution in [2.45, 2.75) is 26.0 Å². The predicted octanol–water partition coefficient (Wildman–Crippen LogP) is 1.26. The lowest BCUT2D eigenvalue weighted by Gasteiger charge is -2.10. The zero-order valence-corrected chi connectivity index (χ0v) is 9.48. The lowest BCUT2D eigenvalue weighted by Crippen LogP contribution is -2.18. The third kappa shape index (κ3) is 1.71. The number of carbonyl (C=O) groups is 1. The molecule has 2 rings (SSSR count). The molecule has 0 bridgehead atoms. The zero-order chi connectivity index (χ0) is 11.2. The van der Waals surface area contributed by atoms with Crippen LogP contribution < -0.4 is 0 Å². The highest BCUT2D eigenvalue weighted by Crippen LogP contribution is 2.29. The van der Waals surface area contributed by atoms with E-state index in [1.54, 1.807) is 6.92 Å². The van der Waals surface area contributed by atoms with Crippen LogP contribution in [0.2, 0.25) is 0 Å². The van der Waals surface area contributed by atoms with Crippen LogP contribution in [0, 0.1) is 6.92 Å². The minimum Gasteiger partial charge on any atom is -0.464 e. The van der Waals surface area contributed by atoms with Crippen LogP contribution in [0.15, 0.2) is 4.42 Å². The number of fused-ring (bicyclic) bond motifs is 1. The molecule has 0 spiro atoms. The topological polar surface area (TPSA) is 64.3 Å². The van der Waals surface area contributed by atoms with E-state index in [0.29, 0.717) is 23.5 Å². The van der Waals surface area contributed by atoms with E-state index in [4.69, 9.17) is 4.42 Å². The van der Waals surface area contributed by atoms with Crippen LogP contribution in [-0.2, 0) is 22.0 Å². The third-order valence-electron chi connectivity index (χ3n) is 2.63. The van der Waals surface area contributed by atoms with Crippen LogP contribution in [-0.4, -0.2) is 20.0 Å². The number of hydrogen-bond donors (Lipinski definition) is 0. The van der Waals surface area contributed by atoms with Gasteiger partial charge in [0.2, 0.25) is 0 Å². The lowest BCUT2D eigenvalue weighted by atomic mass is 10.0. The number of rotatable bonds is 1. The van der Waals surface area contributed by atoms with Crippen LogP contribution >= 0.6 is 0 Å². The quantitative estimate of drug-likeness (QED) is 0.679. The van der Waals surface area contributed by atoms with Gasteiger partial charge in [-0.1, -0.05) is 0 Å². The van der Waals surface area contributed by atoms with Gasteiger partial charge in [0.25, 0.3) is 0 Å². The molecule has 1 aliphatic rings. The average molecular weight is 228 g/mol. The minimum absolute atomic E-state index is 0.0585. The van der Waals surface area contributed by atoms with Crippen LogP contribution in [0.3, 0.4) is 0 Å². The Kier molecular flexibility index (Phi) is 2.22. The van der Waals surface area contributed by atoms with Crippen molar-refractivity contribution in [3.8, 4) is 0 Å². The van der Waals surface area contributed by atoms with Crippen LogP contribution in [0.5, 0.6) is 0 Å². The van der Waals surface area contributed by atoms with Gasteiger partial charge in [-0.2, -0.15) is 0 Å². The molecule has 1 aliphatic heterocycles. The molecule has 0 saturated heterocycles. The maximum Gasteiger partial charge on any atom is 0.163 e. The van der Waals surface area contributed by atoms with E-state index in [1.807, 2.05) is 0 Å². The monoisotopic (exact) mass is 228 g/mol. The molecule has 0 amide bonds. The summed E-state index contributed by atoms with van der Waals surface area (Å²) < 4.78 is 28.1. The van der Waals surface area contributed by atoms with Gasteiger partial charge in [-0.25, -0.2) is 8.42 Å². The summed E-state index contributed by atoms with van der Waals surface area (Å²) in [4.78, 5) is 11.4. The molecule has 5 heteroatoms. The third-order valence-corrected chi connectivity index (χ3v) is 4.16. The Labute approximate surface area is 88.2 Å². The summed E-state index contributed by atoms with van der Waals surface area (Å²) in [5.41, 5.74) is 1.36. The van der Waals surface area contributed by atoms with Gasteiger partial charge in [0.15, 0.2) is 15.6 Å². The fraction of sp³-hybridized carbons (Fsp3) is 0.500. The normalized spacial score (nSPS) is 18.5. The molecule has 0 fully saturated rings. The Morgan fingerprint density at radius 1 is 1.40 bits per heavy atom. The average Bonchev–Trinajstić information content (AvgIpc) is 2.37. The van der Waals surface area contributed by atoms with Crippen molar-refractivity contribution in [3.63, 3.8) is 0 Å². The number of carbonyl (C=O) groups excluding carboxylic acids is 1. The Morgan fingerprint density at radius 3 is 2.67 bits per heavy atom. The van der Waals surface area contributed by atoms with E-state index in [1.165, 1.54) is 6.92 Å². The van der Waals surface area contributed by atoms with Crippen LogP contribution in [0.1, 0.15) is 34.4 Å². The number of hydrogen-bond acceptors (Lipinski definition) is 4. The molecule has 0 aromatic carbocycles. The maximum atomic E-state index is 11.4. The number of Topliss-reactive ketones (excluding diaryl/α,β-unsaturated/α-hetero) is 1. The molecule has 82 valence electrons. The van der Waals surface area contributed by atoms with Crippen LogP contribution in [0.4, 0.5) is 0 Å². The van der Waals surface area contributed by atoms with E-state index in [2.05, 4.69) is 0 Å². The predicted molar refractivity (Wildman–Crippen MR) is 54.6 cm³/mol. The first kappa shape index (κ1) is 10.4. The number of furan rings is 1. The summed E-state index contributed by atoms with van der Waals surface area (Å²) in [6, 6.07) is 0. The van der Waals surface area contributed by atoms with Gasteiger partial charge in [0, 0.05) is 5.56 Å². The fourth-order valence-electron chi connectivity index (χ4n) is 2.02. The highest BCUT2D eigenvalue weighted by atomic mass is 32.2. The van der Waals surface area contributed by atoms with Gasteiger partial charge < -0.3 is 4.42 Å². The molecule has 0 unspecified atom stereocenters. The second-order valence-electron chi connectivity index (χ2n) is 3.83. The SMILES string of the molecule is CC(=O)c1c(C)oc2c1CCS(=O)(=O)C2. The van der Waals surface area contributed by atoms with E-state index < -0.39 is 9.84 Å². The second-order valence-corrected chi connectivity index (χ2v) is 6.02. The molecule has 4 nitrogen and oxygen atoms in total. The molecule has 0 radical (unpaired) electrons. The molecular formula is C10H12O4S. The Hall–Kier alpha value is -1.10. The molecule has 0 aliphatic carbocycles. The van der Waals surface area contributed by atoms with Crippen molar-refractivity contribution in [1.82, 2.24) is 0 Å². The standard InChI is InChI=1S/C10H12O4S/c1-6(11)10-7(2)14-9-5-15(12,13)4-3-8(9)10/h3-5H2,1-2H3. The molecule has 0 saturated carbocycles. The zero-order valence-electron chi connectivity index (χ0n) is 8.66. The first-order chi connectivity index (χ1) is 6.91. The number of aryl methyl sites for hydroxylation is 1. The second kappa shape index (κ2) is 3.20. The van der Waals surface area contributed by atoms with Crippen molar-refractivity contribution in [3.05, 3.63) is 22.6 Å². The molecule has 2 heterocycles. The van der Waals surface area contributed by atoms with Gasteiger partial charge in [-0.05, 0) is 20.3 Å². The minimum atomic E-state index is -3.03. The number of sulfone groups is 1. The summed E-state index contributed by atoms with van der Waals surface area (Å²) in [5, 5.41) is 0. The molecule has 0 N–H and O–H groups in total. The van der Waals surface area contributed by atoms with Crippen LogP contribution in [0.25, 0.3) is 0 Å². The van der Waals surface area contributed by atoms with Crippen molar-refractivity contribution in [2.24, 2.45) is 0 Å². The van der Waals surface area contributed by atoms with Gasteiger partial charge in [-0.15, -0.1) is 0 Å². The van der Waals surface area contributed by atoms with Gasteiger partial charge in [0.1, 0.15) is 17.3 Å². The molecular weight excluding hydrogens is 216 g/mol. The highest BCUT2D eigenvalue weighted by molar-refractivity contribution is 7.90. The summed E-state index contributed by atoms with van der Waals surface area (Å²) in [7, 11) is -3.03. The Morgan fingerprint density at radius 2 is 2.07 bits per heavy atom. The van der Waals surface area contributed by atoms with Crippen molar-refractivity contribution in [2.75, 3.05) is 5.75 Å². The maximum absolute atomic E-state index is 11.4. The van der Waals surface area contributed by atoms with Gasteiger partial charge in [0.05, 0.1) is 11.3 Å². The lowest BCUT2D eigenvalue weighted by molar-refractivity contribution is 0.101. The summed E-state index contributed by atoms with van der Waals surface area (Å²) >= 11 is 0. The van der Waals surface area contributed by atoms with E-state index in [9.17, 15) is 13.2 Å². The summed E-state index contributed by atoms with van der Waals surface area (Å²) in [6.07, 6.45) is 0.393. The smallest absolute Gasteiger partial charge is 0.163 e. The Bertz CT molecular complexity index is 522. The summed E-state index contributed by atoms with van der Waals surface area (Å²) in [5.74, 6) is 0.959. The Balaban J connectivity index is 2.58. The molecule has 1 aromatic rings. The number of ketones is 1. The van der Waals surface area contributed by atoms with Gasteiger partial charge in [-0.3, -0.25) is 4.79 Å². The molecule has 0 atom stereocenters. The first-order valence-corrected chi connectivity index (χ1v) is 6.55.